The third kappa shape index (κ3) is 6.16. The third-order valence-electron chi connectivity index (χ3n) is 3.86. The van der Waals surface area contributed by atoms with Gasteiger partial charge in [-0.15, -0.1) is 0 Å². The summed E-state index contributed by atoms with van der Waals surface area (Å²) < 4.78 is 1.03. The lowest BCUT2D eigenvalue weighted by Gasteiger charge is -2.24. The van der Waals surface area contributed by atoms with Crippen LogP contribution in [0.25, 0.3) is 0 Å². The number of halogens is 1. The second-order valence-corrected chi connectivity index (χ2v) is 6.83. The molecule has 1 amide bonds. The monoisotopic (exact) mass is 374 g/mol. The maximum Gasteiger partial charge on any atom is 0.224 e. The van der Waals surface area contributed by atoms with Gasteiger partial charge in [0.2, 0.25) is 5.91 Å². The minimum atomic E-state index is 0.0623. The number of rotatable bonds is 7. The third-order valence-corrected chi connectivity index (χ3v) is 4.39. The zero-order valence-electron chi connectivity index (χ0n) is 13.6. The van der Waals surface area contributed by atoms with Gasteiger partial charge in [0.1, 0.15) is 0 Å². The number of hydrogen-bond donors (Lipinski definition) is 1. The Morgan fingerprint density at radius 3 is 2.30 bits per heavy atom. The van der Waals surface area contributed by atoms with E-state index in [-0.39, 0.29) is 11.9 Å². The molecule has 2 aromatic rings. The van der Waals surface area contributed by atoms with E-state index >= 15 is 0 Å². The maximum atomic E-state index is 12.1. The lowest BCUT2D eigenvalue weighted by molar-refractivity contribution is -0.120. The molecule has 1 atom stereocenters. The molecule has 122 valence electrons. The van der Waals surface area contributed by atoms with Crippen LogP contribution in [0.15, 0.2) is 59.1 Å². The second kappa shape index (κ2) is 8.85. The molecule has 1 unspecified atom stereocenters. The van der Waals surface area contributed by atoms with Crippen molar-refractivity contribution in [2.24, 2.45) is 0 Å². The Labute approximate surface area is 146 Å². The minimum absolute atomic E-state index is 0.0623. The van der Waals surface area contributed by atoms with E-state index in [2.05, 4.69) is 52.4 Å². The van der Waals surface area contributed by atoms with Crippen molar-refractivity contribution < 1.29 is 4.79 Å². The summed E-state index contributed by atoms with van der Waals surface area (Å²) in [5, 5.41) is 3.06. The molecule has 0 saturated heterocycles. The summed E-state index contributed by atoms with van der Waals surface area (Å²) in [6.07, 6.45) is 1.34. The summed E-state index contributed by atoms with van der Waals surface area (Å²) in [4.78, 5) is 14.3. The van der Waals surface area contributed by atoms with Crippen molar-refractivity contribution in [3.8, 4) is 0 Å². The highest BCUT2D eigenvalue weighted by Crippen LogP contribution is 2.11. The predicted molar refractivity (Wildman–Crippen MR) is 98.5 cm³/mol. The maximum absolute atomic E-state index is 12.1. The lowest BCUT2D eigenvalue weighted by atomic mass is 10.0. The quantitative estimate of drug-likeness (QED) is 0.806. The predicted octanol–water partition coefficient (Wildman–Crippen LogP) is 3.28. The first-order valence-electron chi connectivity index (χ1n) is 7.76. The van der Waals surface area contributed by atoms with Gasteiger partial charge in [-0.3, -0.25) is 4.79 Å². The van der Waals surface area contributed by atoms with Crippen LogP contribution in [-0.4, -0.2) is 37.5 Å². The number of carbonyl (C=O) groups is 1. The second-order valence-electron chi connectivity index (χ2n) is 5.91. The SMILES string of the molecule is CN(C)C(CNC(=O)Cc1ccc(Br)cc1)Cc1ccccc1. The van der Waals surface area contributed by atoms with Gasteiger partial charge in [0.25, 0.3) is 0 Å². The molecular formula is C19H23BrN2O. The standard InChI is InChI=1S/C19H23BrN2O/c1-22(2)18(12-15-6-4-3-5-7-15)14-21-19(23)13-16-8-10-17(20)11-9-16/h3-11,18H,12-14H2,1-2H3,(H,21,23). The van der Waals surface area contributed by atoms with Crippen LogP contribution in [0.2, 0.25) is 0 Å². The van der Waals surface area contributed by atoms with Crippen molar-refractivity contribution in [3.63, 3.8) is 0 Å². The summed E-state index contributed by atoms with van der Waals surface area (Å²) in [7, 11) is 4.10. The van der Waals surface area contributed by atoms with E-state index in [1.54, 1.807) is 0 Å². The number of benzene rings is 2. The Morgan fingerprint density at radius 2 is 1.70 bits per heavy atom. The average Bonchev–Trinajstić information content (AvgIpc) is 2.54. The molecule has 0 saturated carbocycles. The van der Waals surface area contributed by atoms with E-state index in [0.29, 0.717) is 13.0 Å². The van der Waals surface area contributed by atoms with Gasteiger partial charge in [-0.05, 0) is 43.8 Å². The van der Waals surface area contributed by atoms with Gasteiger partial charge in [0, 0.05) is 17.1 Å². The molecule has 23 heavy (non-hydrogen) atoms. The highest BCUT2D eigenvalue weighted by Gasteiger charge is 2.13. The van der Waals surface area contributed by atoms with Crippen LogP contribution in [0.3, 0.4) is 0 Å². The van der Waals surface area contributed by atoms with Gasteiger partial charge in [-0.25, -0.2) is 0 Å². The largest absolute Gasteiger partial charge is 0.354 e. The number of likely N-dealkylation sites (N-methyl/N-ethyl adjacent to an activating group) is 1. The van der Waals surface area contributed by atoms with E-state index in [4.69, 9.17) is 0 Å². The Balaban J connectivity index is 1.85. The van der Waals surface area contributed by atoms with Crippen LogP contribution in [0.5, 0.6) is 0 Å². The molecule has 1 N–H and O–H groups in total. The molecule has 0 aliphatic heterocycles. The first-order chi connectivity index (χ1) is 11.0. The molecular weight excluding hydrogens is 352 g/mol. The first-order valence-corrected chi connectivity index (χ1v) is 8.55. The van der Waals surface area contributed by atoms with Crippen LogP contribution >= 0.6 is 15.9 Å². The number of hydrogen-bond acceptors (Lipinski definition) is 2. The van der Waals surface area contributed by atoms with E-state index in [1.807, 2.05) is 42.5 Å². The van der Waals surface area contributed by atoms with E-state index in [1.165, 1.54) is 5.56 Å². The smallest absolute Gasteiger partial charge is 0.224 e. The normalized spacial score (nSPS) is 12.2. The highest BCUT2D eigenvalue weighted by molar-refractivity contribution is 9.10. The number of carbonyl (C=O) groups excluding carboxylic acids is 1. The van der Waals surface area contributed by atoms with Crippen molar-refractivity contribution in [2.45, 2.75) is 18.9 Å². The minimum Gasteiger partial charge on any atom is -0.354 e. The number of amides is 1. The zero-order valence-corrected chi connectivity index (χ0v) is 15.2. The molecule has 4 heteroatoms. The summed E-state index contributed by atoms with van der Waals surface area (Å²) >= 11 is 3.40. The molecule has 2 aromatic carbocycles. The first kappa shape index (κ1) is 17.7. The van der Waals surface area contributed by atoms with Crippen LogP contribution < -0.4 is 5.32 Å². The molecule has 0 aliphatic rings. The van der Waals surface area contributed by atoms with Crippen molar-refractivity contribution >= 4 is 21.8 Å². The average molecular weight is 375 g/mol. The molecule has 0 bridgehead atoms. The summed E-state index contributed by atoms with van der Waals surface area (Å²) in [5.74, 6) is 0.0623. The Kier molecular flexibility index (Phi) is 6.81. The summed E-state index contributed by atoms with van der Waals surface area (Å²) in [6.45, 7) is 0.650. The van der Waals surface area contributed by atoms with Gasteiger partial charge < -0.3 is 10.2 Å². The fraction of sp³-hybridized carbons (Fsp3) is 0.316. The fourth-order valence-electron chi connectivity index (χ4n) is 2.41. The summed E-state index contributed by atoms with van der Waals surface area (Å²) in [6, 6.07) is 18.5. The topological polar surface area (TPSA) is 32.3 Å². The molecule has 0 fully saturated rings. The molecule has 0 spiro atoms. The molecule has 2 rings (SSSR count). The van der Waals surface area contributed by atoms with E-state index in [9.17, 15) is 4.79 Å². The van der Waals surface area contributed by atoms with Crippen molar-refractivity contribution in [2.75, 3.05) is 20.6 Å². The van der Waals surface area contributed by atoms with E-state index < -0.39 is 0 Å². The van der Waals surface area contributed by atoms with Gasteiger partial charge in [-0.1, -0.05) is 58.4 Å². The molecule has 0 aromatic heterocycles. The Bertz CT molecular complexity index is 611. The van der Waals surface area contributed by atoms with Gasteiger partial charge in [0.05, 0.1) is 6.42 Å². The zero-order chi connectivity index (χ0) is 16.7. The highest BCUT2D eigenvalue weighted by atomic mass is 79.9. The van der Waals surface area contributed by atoms with Crippen molar-refractivity contribution in [3.05, 3.63) is 70.2 Å². The Morgan fingerprint density at radius 1 is 1.04 bits per heavy atom. The van der Waals surface area contributed by atoms with Crippen LogP contribution in [-0.2, 0) is 17.6 Å². The Hall–Kier alpha value is -1.65. The molecule has 0 aliphatic carbocycles. The van der Waals surface area contributed by atoms with Crippen molar-refractivity contribution in [1.29, 1.82) is 0 Å². The van der Waals surface area contributed by atoms with Crippen LogP contribution in [0.1, 0.15) is 11.1 Å². The van der Waals surface area contributed by atoms with Crippen molar-refractivity contribution in [1.82, 2.24) is 10.2 Å². The lowest BCUT2D eigenvalue weighted by Crippen LogP contribution is -2.42. The van der Waals surface area contributed by atoms with Gasteiger partial charge in [-0.2, -0.15) is 0 Å². The molecule has 0 radical (unpaired) electrons. The number of nitrogens with zero attached hydrogens (tertiary/aromatic N) is 1. The molecule has 0 heterocycles. The number of nitrogens with one attached hydrogen (secondary N) is 1. The van der Waals surface area contributed by atoms with E-state index in [0.717, 1.165) is 16.5 Å². The van der Waals surface area contributed by atoms with Crippen LogP contribution in [0.4, 0.5) is 0 Å². The summed E-state index contributed by atoms with van der Waals surface area (Å²) in [5.41, 5.74) is 2.31. The van der Waals surface area contributed by atoms with Gasteiger partial charge >= 0.3 is 0 Å². The fourth-order valence-corrected chi connectivity index (χ4v) is 2.67. The molecule has 3 nitrogen and oxygen atoms in total. The van der Waals surface area contributed by atoms with Crippen LogP contribution in [0, 0.1) is 0 Å². The van der Waals surface area contributed by atoms with Gasteiger partial charge in [0.15, 0.2) is 0 Å².